The average Bonchev–Trinajstić information content (AvgIpc) is 2.53. The van der Waals surface area contributed by atoms with E-state index in [0.717, 1.165) is 12.8 Å². The standard InChI is InChI=1S/C15H21NO6S/c1-11(12-6-8-21-9-7-12)16-23(19,20)14-4-2-13(3-5-14)22-10-15(17)18/h2-5,11-12,16H,6-10H2,1H3,(H,17,18). The first-order valence-corrected chi connectivity index (χ1v) is 8.91. The van der Waals surface area contributed by atoms with Crippen LogP contribution in [0.5, 0.6) is 5.75 Å². The number of ether oxygens (including phenoxy) is 2. The van der Waals surface area contributed by atoms with E-state index in [9.17, 15) is 13.2 Å². The summed E-state index contributed by atoms with van der Waals surface area (Å²) in [5, 5.41) is 8.54. The van der Waals surface area contributed by atoms with Crippen LogP contribution in [0.25, 0.3) is 0 Å². The molecule has 128 valence electrons. The Bertz CT molecular complexity index is 622. The van der Waals surface area contributed by atoms with Crippen LogP contribution < -0.4 is 9.46 Å². The van der Waals surface area contributed by atoms with Crippen molar-refractivity contribution in [3.63, 3.8) is 0 Å². The van der Waals surface area contributed by atoms with Crippen molar-refractivity contribution in [3.05, 3.63) is 24.3 Å². The number of carboxylic acids is 1. The Balaban J connectivity index is 1.99. The third-order valence-corrected chi connectivity index (χ3v) is 5.39. The zero-order valence-electron chi connectivity index (χ0n) is 12.9. The molecule has 1 unspecified atom stereocenters. The monoisotopic (exact) mass is 343 g/mol. The molecule has 8 heteroatoms. The number of carbonyl (C=O) groups is 1. The Morgan fingerprint density at radius 1 is 1.35 bits per heavy atom. The van der Waals surface area contributed by atoms with E-state index in [2.05, 4.69) is 4.72 Å². The maximum atomic E-state index is 12.4. The highest BCUT2D eigenvalue weighted by Gasteiger charge is 2.25. The Labute approximate surface area is 135 Å². The predicted molar refractivity (Wildman–Crippen MR) is 82.9 cm³/mol. The van der Waals surface area contributed by atoms with E-state index in [1.807, 2.05) is 6.92 Å². The van der Waals surface area contributed by atoms with Gasteiger partial charge in [-0.05, 0) is 49.9 Å². The van der Waals surface area contributed by atoms with E-state index >= 15 is 0 Å². The van der Waals surface area contributed by atoms with Gasteiger partial charge in [-0.25, -0.2) is 17.9 Å². The lowest BCUT2D eigenvalue weighted by atomic mass is 9.94. The SMILES string of the molecule is CC(NS(=O)(=O)c1ccc(OCC(=O)O)cc1)C1CCOCC1. The number of hydrogen-bond acceptors (Lipinski definition) is 5. The van der Waals surface area contributed by atoms with E-state index in [4.69, 9.17) is 14.6 Å². The zero-order valence-corrected chi connectivity index (χ0v) is 13.7. The summed E-state index contributed by atoms with van der Waals surface area (Å²) in [5.74, 6) is -0.519. The first-order valence-electron chi connectivity index (χ1n) is 7.43. The first-order chi connectivity index (χ1) is 10.9. The summed E-state index contributed by atoms with van der Waals surface area (Å²) in [6.45, 7) is 2.71. The quantitative estimate of drug-likeness (QED) is 0.772. The number of hydrogen-bond donors (Lipinski definition) is 2. The van der Waals surface area contributed by atoms with Gasteiger partial charge in [-0.3, -0.25) is 0 Å². The number of nitrogens with one attached hydrogen (secondary N) is 1. The van der Waals surface area contributed by atoms with Crippen molar-refractivity contribution in [2.24, 2.45) is 5.92 Å². The Morgan fingerprint density at radius 2 is 1.96 bits per heavy atom. The molecule has 7 nitrogen and oxygen atoms in total. The highest BCUT2D eigenvalue weighted by molar-refractivity contribution is 7.89. The second-order valence-electron chi connectivity index (χ2n) is 5.51. The van der Waals surface area contributed by atoms with Gasteiger partial charge in [0.15, 0.2) is 6.61 Å². The molecule has 0 amide bonds. The lowest BCUT2D eigenvalue weighted by Crippen LogP contribution is -2.40. The maximum Gasteiger partial charge on any atom is 0.341 e. The van der Waals surface area contributed by atoms with Gasteiger partial charge >= 0.3 is 5.97 Å². The van der Waals surface area contributed by atoms with Crippen molar-refractivity contribution in [3.8, 4) is 5.75 Å². The highest BCUT2D eigenvalue weighted by Crippen LogP contribution is 2.21. The van der Waals surface area contributed by atoms with Gasteiger partial charge in [0.25, 0.3) is 0 Å². The molecule has 1 atom stereocenters. The number of carboxylic acid groups (broad SMARTS) is 1. The van der Waals surface area contributed by atoms with Gasteiger partial charge in [0.05, 0.1) is 4.90 Å². The highest BCUT2D eigenvalue weighted by atomic mass is 32.2. The van der Waals surface area contributed by atoms with E-state index in [1.165, 1.54) is 24.3 Å². The predicted octanol–water partition coefficient (Wildman–Crippen LogP) is 1.24. The summed E-state index contributed by atoms with van der Waals surface area (Å²) in [5.41, 5.74) is 0. The van der Waals surface area contributed by atoms with Crippen LogP contribution in [0.1, 0.15) is 19.8 Å². The second kappa shape index (κ2) is 7.76. The molecule has 2 N–H and O–H groups in total. The van der Waals surface area contributed by atoms with Gasteiger partial charge in [-0.1, -0.05) is 0 Å². The summed E-state index contributed by atoms with van der Waals surface area (Å²) in [4.78, 5) is 10.6. The summed E-state index contributed by atoms with van der Waals surface area (Å²) < 4.78 is 37.7. The molecular formula is C15H21NO6S. The lowest BCUT2D eigenvalue weighted by molar-refractivity contribution is -0.139. The summed E-state index contributed by atoms with van der Waals surface area (Å²) in [6, 6.07) is 5.51. The van der Waals surface area contributed by atoms with Crippen LogP contribution in [0, 0.1) is 5.92 Å². The van der Waals surface area contributed by atoms with Gasteiger partial charge in [0, 0.05) is 19.3 Å². The van der Waals surface area contributed by atoms with Crippen molar-refractivity contribution in [1.82, 2.24) is 4.72 Å². The molecule has 0 aliphatic carbocycles. The van der Waals surface area contributed by atoms with E-state index in [1.54, 1.807) is 0 Å². The number of benzene rings is 1. The molecule has 1 aliphatic heterocycles. The minimum Gasteiger partial charge on any atom is -0.482 e. The fraction of sp³-hybridized carbons (Fsp3) is 0.533. The number of aliphatic carboxylic acids is 1. The number of rotatable bonds is 7. The molecule has 23 heavy (non-hydrogen) atoms. The third kappa shape index (κ3) is 5.19. The fourth-order valence-corrected chi connectivity index (χ4v) is 3.80. The molecule has 1 heterocycles. The minimum atomic E-state index is -3.62. The summed E-state index contributed by atoms with van der Waals surface area (Å²) in [6.07, 6.45) is 1.68. The number of sulfonamides is 1. The molecule has 0 saturated carbocycles. The molecule has 1 aromatic carbocycles. The molecule has 0 spiro atoms. The molecule has 1 fully saturated rings. The Kier molecular flexibility index (Phi) is 5.97. The largest absolute Gasteiger partial charge is 0.482 e. The van der Waals surface area contributed by atoms with Crippen LogP contribution in [-0.4, -0.2) is 45.4 Å². The van der Waals surface area contributed by atoms with Crippen LogP contribution >= 0.6 is 0 Å². The first kappa shape index (κ1) is 17.7. The second-order valence-corrected chi connectivity index (χ2v) is 7.23. The van der Waals surface area contributed by atoms with E-state index < -0.39 is 22.6 Å². The van der Waals surface area contributed by atoms with Crippen LogP contribution in [0.2, 0.25) is 0 Å². The molecule has 0 radical (unpaired) electrons. The van der Waals surface area contributed by atoms with Crippen molar-refractivity contribution in [1.29, 1.82) is 0 Å². The van der Waals surface area contributed by atoms with Crippen molar-refractivity contribution in [2.75, 3.05) is 19.8 Å². The normalized spacial score (nSPS) is 17.6. The Hall–Kier alpha value is -1.64. The molecule has 1 aromatic rings. The van der Waals surface area contributed by atoms with Crippen LogP contribution in [0.15, 0.2) is 29.2 Å². The molecule has 1 saturated heterocycles. The molecule has 0 bridgehead atoms. The molecule has 2 rings (SSSR count). The average molecular weight is 343 g/mol. The zero-order chi connectivity index (χ0) is 16.9. The maximum absolute atomic E-state index is 12.4. The van der Waals surface area contributed by atoms with Gasteiger partial charge in [0.1, 0.15) is 5.75 Å². The third-order valence-electron chi connectivity index (χ3n) is 3.81. The lowest BCUT2D eigenvalue weighted by Gasteiger charge is -2.28. The van der Waals surface area contributed by atoms with Gasteiger partial charge < -0.3 is 14.6 Å². The van der Waals surface area contributed by atoms with E-state index in [-0.39, 0.29) is 16.9 Å². The van der Waals surface area contributed by atoms with Gasteiger partial charge in [-0.2, -0.15) is 0 Å². The summed E-state index contributed by atoms with van der Waals surface area (Å²) >= 11 is 0. The molecule has 0 aromatic heterocycles. The minimum absolute atomic E-state index is 0.124. The van der Waals surface area contributed by atoms with Gasteiger partial charge in [0.2, 0.25) is 10.0 Å². The fourth-order valence-electron chi connectivity index (χ4n) is 2.48. The van der Waals surface area contributed by atoms with Crippen molar-refractivity contribution >= 4 is 16.0 Å². The van der Waals surface area contributed by atoms with Crippen LogP contribution in [0.3, 0.4) is 0 Å². The smallest absolute Gasteiger partial charge is 0.341 e. The van der Waals surface area contributed by atoms with Crippen molar-refractivity contribution in [2.45, 2.75) is 30.7 Å². The van der Waals surface area contributed by atoms with Crippen molar-refractivity contribution < 1.29 is 27.8 Å². The topological polar surface area (TPSA) is 102 Å². The van der Waals surface area contributed by atoms with Crippen LogP contribution in [0.4, 0.5) is 0 Å². The Morgan fingerprint density at radius 3 is 2.52 bits per heavy atom. The molecular weight excluding hydrogens is 322 g/mol. The van der Waals surface area contributed by atoms with E-state index in [0.29, 0.717) is 19.0 Å². The molecule has 1 aliphatic rings. The summed E-state index contributed by atoms with van der Waals surface area (Å²) in [7, 11) is -3.62. The van der Waals surface area contributed by atoms with Crippen LogP contribution in [-0.2, 0) is 19.6 Å². The van der Waals surface area contributed by atoms with Gasteiger partial charge in [-0.15, -0.1) is 0 Å².